The van der Waals surface area contributed by atoms with Gasteiger partial charge in [0.25, 0.3) is 0 Å². The number of thiophene rings is 1. The topological polar surface area (TPSA) is 106 Å². The molecule has 0 radical (unpaired) electrons. The Labute approximate surface area is 186 Å². The van der Waals surface area contributed by atoms with Gasteiger partial charge in [0.05, 0.1) is 28.8 Å². The molecule has 0 aromatic carbocycles. The largest absolute Gasteiger partial charge is 0.471 e. The van der Waals surface area contributed by atoms with E-state index in [2.05, 4.69) is 41.8 Å². The van der Waals surface area contributed by atoms with E-state index in [9.17, 15) is 5.26 Å². The van der Waals surface area contributed by atoms with Gasteiger partial charge in [0.2, 0.25) is 5.88 Å². The van der Waals surface area contributed by atoms with Crippen LogP contribution in [-0.4, -0.2) is 30.1 Å². The maximum absolute atomic E-state index is 9.36. The van der Waals surface area contributed by atoms with Gasteiger partial charge in [-0.05, 0) is 49.6 Å². The first-order valence-corrected chi connectivity index (χ1v) is 11.0. The molecule has 2 aromatic rings. The molecule has 1 unspecified atom stereocenters. The summed E-state index contributed by atoms with van der Waals surface area (Å²) in [6.45, 7) is 11.0. The van der Waals surface area contributed by atoms with Crippen LogP contribution in [-0.2, 0) is 11.2 Å². The number of aromatic nitrogens is 1. The molecule has 3 rings (SSSR count). The summed E-state index contributed by atoms with van der Waals surface area (Å²) in [5.41, 5.74) is 9.77. The van der Waals surface area contributed by atoms with Crippen molar-refractivity contribution >= 4 is 33.7 Å². The molecule has 7 nitrogen and oxygen atoms in total. The lowest BCUT2D eigenvalue weighted by molar-refractivity contribution is 0.138. The van der Waals surface area contributed by atoms with Gasteiger partial charge in [-0.1, -0.05) is 19.6 Å². The van der Waals surface area contributed by atoms with Gasteiger partial charge in [0, 0.05) is 6.42 Å². The lowest BCUT2D eigenvalue weighted by Gasteiger charge is -2.13. The number of hydrogen-bond acceptors (Lipinski definition) is 7. The molecule has 1 aliphatic heterocycles. The first-order valence-electron chi connectivity index (χ1n) is 10.2. The highest BCUT2D eigenvalue weighted by molar-refractivity contribution is 7.17. The van der Waals surface area contributed by atoms with Gasteiger partial charge in [-0.3, -0.25) is 0 Å². The zero-order chi connectivity index (χ0) is 22.4. The summed E-state index contributed by atoms with van der Waals surface area (Å²) in [6, 6.07) is 5.48. The first-order chi connectivity index (χ1) is 15.0. The maximum atomic E-state index is 9.36. The molecule has 0 spiro atoms. The Morgan fingerprint density at radius 3 is 2.97 bits per heavy atom. The van der Waals surface area contributed by atoms with Crippen LogP contribution in [0.2, 0.25) is 0 Å². The van der Waals surface area contributed by atoms with Gasteiger partial charge in [-0.25, -0.2) is 4.99 Å². The summed E-state index contributed by atoms with van der Waals surface area (Å²) in [5.74, 6) is 1.38. The Morgan fingerprint density at radius 2 is 2.35 bits per heavy atom. The summed E-state index contributed by atoms with van der Waals surface area (Å²) in [5, 5.41) is 13.5. The number of ether oxygens (including phenoxy) is 2. The van der Waals surface area contributed by atoms with Crippen molar-refractivity contribution in [2.75, 3.05) is 18.9 Å². The van der Waals surface area contributed by atoms with Crippen LogP contribution >= 0.6 is 11.3 Å². The summed E-state index contributed by atoms with van der Waals surface area (Å²) in [7, 11) is 0. The van der Waals surface area contributed by atoms with E-state index in [-0.39, 0.29) is 12.0 Å². The van der Waals surface area contributed by atoms with Crippen molar-refractivity contribution in [1.82, 2.24) is 10.3 Å². The number of pyridine rings is 1. The molecule has 31 heavy (non-hydrogen) atoms. The second-order valence-corrected chi connectivity index (χ2v) is 8.18. The van der Waals surface area contributed by atoms with Crippen LogP contribution in [0.4, 0.5) is 10.8 Å². The SMILES string of the molecule is C=C/C=C(\NC(C)=Nc1ccc(C#N)c(OC2CCOC2)n1)c1sc(N)c(CC)c1C. The van der Waals surface area contributed by atoms with E-state index in [4.69, 9.17) is 15.2 Å². The molecule has 2 aromatic heterocycles. The van der Waals surface area contributed by atoms with E-state index in [0.29, 0.717) is 30.4 Å². The molecule has 3 N–H and O–H groups in total. The third-order valence-electron chi connectivity index (χ3n) is 4.92. The molecule has 0 amide bonds. The Balaban J connectivity index is 1.85. The summed E-state index contributed by atoms with van der Waals surface area (Å²) in [6.07, 6.45) is 5.19. The number of aliphatic imine (C=N–C) groups is 1. The standard InChI is InChI=1S/C23H27N5O2S/c1-5-7-19(21-14(3)18(6-2)22(25)31-21)26-15(4)27-20-9-8-16(12-24)23(28-20)30-17-10-11-29-13-17/h5,7-9,17H,1,6,10-11,13,25H2,2-4H3,(H,26,27,28)/b19-7-. The number of nitrogens with one attached hydrogen (secondary N) is 1. The Bertz CT molecular complexity index is 1060. The number of nitrogens with zero attached hydrogens (tertiary/aromatic N) is 3. The molecule has 1 aliphatic rings. The summed E-state index contributed by atoms with van der Waals surface area (Å²) in [4.78, 5) is 10.1. The molecule has 8 heteroatoms. The minimum atomic E-state index is -0.0970. The van der Waals surface area contributed by atoms with Gasteiger partial charge in [0.1, 0.15) is 23.6 Å². The van der Waals surface area contributed by atoms with Crippen molar-refractivity contribution in [3.05, 3.63) is 52.4 Å². The third kappa shape index (κ3) is 5.32. The molecule has 1 atom stereocenters. The molecular formula is C23H27N5O2S. The van der Waals surface area contributed by atoms with Gasteiger partial charge in [-0.15, -0.1) is 11.3 Å². The van der Waals surface area contributed by atoms with Crippen LogP contribution in [0.1, 0.15) is 41.8 Å². The molecule has 0 bridgehead atoms. The van der Waals surface area contributed by atoms with E-state index in [1.807, 2.05) is 13.0 Å². The normalized spacial score (nSPS) is 16.8. The van der Waals surface area contributed by atoms with Crippen molar-refractivity contribution in [2.45, 2.75) is 39.7 Å². The van der Waals surface area contributed by atoms with Crippen molar-refractivity contribution in [3.8, 4) is 11.9 Å². The van der Waals surface area contributed by atoms with E-state index in [1.165, 1.54) is 0 Å². The zero-order valence-corrected chi connectivity index (χ0v) is 18.9. The van der Waals surface area contributed by atoms with Crippen LogP contribution in [0, 0.1) is 18.3 Å². The average molecular weight is 438 g/mol. The number of hydrogen-bond donors (Lipinski definition) is 2. The lowest BCUT2D eigenvalue weighted by Crippen LogP contribution is -2.19. The van der Waals surface area contributed by atoms with Gasteiger partial charge in [0.15, 0.2) is 5.82 Å². The van der Waals surface area contributed by atoms with Gasteiger partial charge >= 0.3 is 0 Å². The second kappa shape index (κ2) is 10.2. The Morgan fingerprint density at radius 1 is 1.55 bits per heavy atom. The third-order valence-corrected chi connectivity index (χ3v) is 6.11. The minimum absolute atomic E-state index is 0.0970. The molecule has 162 valence electrons. The number of rotatable bonds is 7. The van der Waals surface area contributed by atoms with Gasteiger partial charge in [-0.2, -0.15) is 10.2 Å². The monoisotopic (exact) mass is 437 g/mol. The molecule has 0 saturated carbocycles. The first kappa shape index (κ1) is 22.5. The fourth-order valence-corrected chi connectivity index (χ4v) is 4.53. The number of nitriles is 1. The van der Waals surface area contributed by atoms with Crippen molar-refractivity contribution in [2.24, 2.45) is 4.99 Å². The number of amidine groups is 1. The summed E-state index contributed by atoms with van der Waals surface area (Å²) < 4.78 is 11.2. The molecule has 1 saturated heterocycles. The van der Waals surface area contributed by atoms with Gasteiger partial charge < -0.3 is 20.5 Å². The van der Waals surface area contributed by atoms with E-state index in [0.717, 1.165) is 39.5 Å². The van der Waals surface area contributed by atoms with Crippen LogP contribution < -0.4 is 15.8 Å². The number of allylic oxidation sites excluding steroid dienone is 2. The second-order valence-electron chi connectivity index (χ2n) is 7.13. The fraction of sp³-hybridized carbons (Fsp3) is 0.348. The zero-order valence-electron chi connectivity index (χ0n) is 18.1. The van der Waals surface area contributed by atoms with E-state index >= 15 is 0 Å². The molecular weight excluding hydrogens is 410 g/mol. The van der Waals surface area contributed by atoms with Crippen molar-refractivity contribution < 1.29 is 9.47 Å². The fourth-order valence-electron chi connectivity index (χ4n) is 3.38. The van der Waals surface area contributed by atoms with Crippen LogP contribution in [0.3, 0.4) is 0 Å². The smallest absolute Gasteiger partial charge is 0.234 e. The Hall–Kier alpha value is -3.15. The highest BCUT2D eigenvalue weighted by Crippen LogP contribution is 2.34. The van der Waals surface area contributed by atoms with Crippen LogP contribution in [0.5, 0.6) is 5.88 Å². The lowest BCUT2D eigenvalue weighted by atomic mass is 10.1. The maximum Gasteiger partial charge on any atom is 0.234 e. The predicted octanol–water partition coefficient (Wildman–Crippen LogP) is 4.50. The van der Waals surface area contributed by atoms with E-state index in [1.54, 1.807) is 29.5 Å². The summed E-state index contributed by atoms with van der Waals surface area (Å²) >= 11 is 1.55. The predicted molar refractivity (Wildman–Crippen MR) is 126 cm³/mol. The highest BCUT2D eigenvalue weighted by Gasteiger charge is 2.20. The molecule has 3 heterocycles. The molecule has 0 aliphatic carbocycles. The number of nitrogen functional groups attached to an aromatic ring is 1. The average Bonchev–Trinajstić information content (AvgIpc) is 3.35. The van der Waals surface area contributed by atoms with Crippen molar-refractivity contribution in [3.63, 3.8) is 0 Å². The highest BCUT2D eigenvalue weighted by atomic mass is 32.1. The van der Waals surface area contributed by atoms with Crippen molar-refractivity contribution in [1.29, 1.82) is 5.26 Å². The quantitative estimate of drug-likeness (QED) is 0.375. The number of nitrogens with two attached hydrogens (primary N) is 1. The van der Waals surface area contributed by atoms with E-state index < -0.39 is 0 Å². The minimum Gasteiger partial charge on any atom is -0.471 e. The van der Waals surface area contributed by atoms with Crippen LogP contribution in [0.25, 0.3) is 5.70 Å². The Kier molecular flexibility index (Phi) is 7.45. The van der Waals surface area contributed by atoms with Crippen LogP contribution in [0.15, 0.2) is 35.9 Å². The number of anilines is 1. The molecule has 1 fully saturated rings.